The van der Waals surface area contributed by atoms with Crippen LogP contribution in [0.25, 0.3) is 0 Å². The molecule has 0 spiro atoms. The van der Waals surface area contributed by atoms with E-state index in [1.807, 2.05) is 12.1 Å². The molecule has 0 fully saturated rings. The van der Waals surface area contributed by atoms with Gasteiger partial charge in [0, 0.05) is 4.47 Å². The van der Waals surface area contributed by atoms with Crippen molar-refractivity contribution in [3.05, 3.63) is 28.7 Å². The van der Waals surface area contributed by atoms with Crippen LogP contribution in [-0.4, -0.2) is 24.1 Å². The molecular formula is C9H9BrO3. The summed E-state index contributed by atoms with van der Waals surface area (Å²) >= 11 is 3.28. The third kappa shape index (κ3) is 3.57. The van der Waals surface area contributed by atoms with Crippen molar-refractivity contribution in [3.63, 3.8) is 0 Å². The summed E-state index contributed by atoms with van der Waals surface area (Å²) < 4.78 is 6.04. The summed E-state index contributed by atoms with van der Waals surface area (Å²) in [5, 5.41) is 8.42. The number of hydrogen-bond acceptors (Lipinski definition) is 3. The molecular weight excluding hydrogens is 236 g/mol. The second-order valence-electron chi connectivity index (χ2n) is 2.44. The zero-order valence-corrected chi connectivity index (χ0v) is 8.45. The third-order valence-electron chi connectivity index (χ3n) is 1.39. The zero-order valence-electron chi connectivity index (χ0n) is 6.87. The quantitative estimate of drug-likeness (QED) is 0.871. The van der Waals surface area contributed by atoms with Crippen molar-refractivity contribution < 1.29 is 14.6 Å². The molecule has 0 amide bonds. The molecule has 4 heteroatoms. The highest BCUT2D eigenvalue weighted by molar-refractivity contribution is 9.10. The van der Waals surface area contributed by atoms with Crippen molar-refractivity contribution in [2.45, 2.75) is 0 Å². The van der Waals surface area contributed by atoms with Crippen LogP contribution in [0.1, 0.15) is 0 Å². The average Bonchev–Trinajstić information content (AvgIpc) is 2.16. The van der Waals surface area contributed by atoms with Gasteiger partial charge in [-0.2, -0.15) is 0 Å². The molecule has 0 saturated heterocycles. The fraction of sp³-hybridized carbons (Fsp3) is 0.222. The number of aliphatic hydroxyl groups is 1. The lowest BCUT2D eigenvalue weighted by Gasteiger charge is -2.03. The fourth-order valence-electron chi connectivity index (χ4n) is 0.740. The molecule has 1 aromatic carbocycles. The van der Waals surface area contributed by atoms with Gasteiger partial charge in [-0.25, -0.2) is 0 Å². The van der Waals surface area contributed by atoms with Crippen molar-refractivity contribution >= 4 is 21.7 Å². The van der Waals surface area contributed by atoms with E-state index in [2.05, 4.69) is 15.9 Å². The minimum Gasteiger partial charge on any atom is -0.486 e. The Hall–Kier alpha value is -0.870. The van der Waals surface area contributed by atoms with Gasteiger partial charge >= 0.3 is 0 Å². The highest BCUT2D eigenvalue weighted by Gasteiger charge is 2.00. The summed E-state index contributed by atoms with van der Waals surface area (Å²) in [5.41, 5.74) is 0. The van der Waals surface area contributed by atoms with Crippen LogP contribution in [-0.2, 0) is 4.79 Å². The molecule has 70 valence electrons. The van der Waals surface area contributed by atoms with Crippen LogP contribution in [0.15, 0.2) is 28.7 Å². The molecule has 1 aromatic rings. The Morgan fingerprint density at radius 1 is 1.38 bits per heavy atom. The molecule has 0 aliphatic heterocycles. The van der Waals surface area contributed by atoms with E-state index in [-0.39, 0.29) is 12.4 Å². The molecule has 0 aliphatic rings. The van der Waals surface area contributed by atoms with Crippen LogP contribution < -0.4 is 4.74 Å². The summed E-state index contributed by atoms with van der Waals surface area (Å²) in [7, 11) is 0. The number of rotatable bonds is 4. The van der Waals surface area contributed by atoms with Crippen LogP contribution in [0.2, 0.25) is 0 Å². The lowest BCUT2D eigenvalue weighted by atomic mass is 10.3. The minimum atomic E-state index is -0.476. The van der Waals surface area contributed by atoms with Gasteiger partial charge in [0.25, 0.3) is 0 Å². The van der Waals surface area contributed by atoms with E-state index in [0.29, 0.717) is 5.75 Å². The van der Waals surface area contributed by atoms with E-state index in [1.165, 1.54) is 0 Å². The number of aliphatic hydroxyl groups excluding tert-OH is 1. The number of hydrogen-bond donors (Lipinski definition) is 1. The molecule has 1 rings (SSSR count). The summed E-state index contributed by atoms with van der Waals surface area (Å²) in [6.45, 7) is -0.561. The van der Waals surface area contributed by atoms with Gasteiger partial charge < -0.3 is 9.84 Å². The Bertz CT molecular complexity index is 281. The van der Waals surface area contributed by atoms with Gasteiger partial charge in [0.1, 0.15) is 19.0 Å². The number of Topliss-reactive ketones (excluding diaryl/α,β-unsaturated/α-hetero) is 1. The second kappa shape index (κ2) is 4.99. The van der Waals surface area contributed by atoms with Crippen molar-refractivity contribution in [2.75, 3.05) is 13.2 Å². The summed E-state index contributed by atoms with van der Waals surface area (Å²) in [6, 6.07) is 7.13. The van der Waals surface area contributed by atoms with Gasteiger partial charge in [-0.15, -0.1) is 0 Å². The van der Waals surface area contributed by atoms with Gasteiger partial charge in [-0.05, 0) is 24.3 Å². The number of halogens is 1. The number of carbonyl (C=O) groups excluding carboxylic acids is 1. The molecule has 3 nitrogen and oxygen atoms in total. The normalized spacial score (nSPS) is 9.69. The first kappa shape index (κ1) is 10.2. The maximum atomic E-state index is 10.7. The Labute approximate surface area is 84.5 Å². The van der Waals surface area contributed by atoms with Crippen LogP contribution in [0.5, 0.6) is 5.75 Å². The highest BCUT2D eigenvalue weighted by atomic mass is 79.9. The number of ketones is 1. The van der Waals surface area contributed by atoms with E-state index in [1.54, 1.807) is 12.1 Å². The molecule has 0 bridgehead atoms. The van der Waals surface area contributed by atoms with E-state index >= 15 is 0 Å². The molecule has 13 heavy (non-hydrogen) atoms. The zero-order chi connectivity index (χ0) is 9.68. The standard InChI is InChI=1S/C9H9BrO3/c10-7-1-3-9(4-2-7)13-6-8(12)5-11/h1-4,11H,5-6H2. The molecule has 0 unspecified atom stereocenters. The van der Waals surface area contributed by atoms with Gasteiger partial charge in [-0.3, -0.25) is 4.79 Å². The predicted octanol–water partition coefficient (Wildman–Crippen LogP) is 1.39. The maximum absolute atomic E-state index is 10.7. The van der Waals surface area contributed by atoms with Gasteiger partial charge in [0.2, 0.25) is 0 Å². The average molecular weight is 245 g/mol. The van der Waals surface area contributed by atoms with E-state index in [0.717, 1.165) is 4.47 Å². The Balaban J connectivity index is 2.46. The maximum Gasteiger partial charge on any atom is 0.195 e. The molecule has 1 N–H and O–H groups in total. The van der Waals surface area contributed by atoms with E-state index < -0.39 is 6.61 Å². The van der Waals surface area contributed by atoms with Crippen molar-refractivity contribution in [1.29, 1.82) is 0 Å². The van der Waals surface area contributed by atoms with E-state index in [9.17, 15) is 4.79 Å². The van der Waals surface area contributed by atoms with Gasteiger partial charge in [-0.1, -0.05) is 15.9 Å². The van der Waals surface area contributed by atoms with Crippen LogP contribution in [0.4, 0.5) is 0 Å². The van der Waals surface area contributed by atoms with E-state index in [4.69, 9.17) is 9.84 Å². The van der Waals surface area contributed by atoms with Crippen molar-refractivity contribution in [2.24, 2.45) is 0 Å². The predicted molar refractivity (Wildman–Crippen MR) is 51.7 cm³/mol. The number of carbonyl (C=O) groups is 1. The number of ether oxygens (including phenoxy) is 1. The Morgan fingerprint density at radius 3 is 2.54 bits per heavy atom. The monoisotopic (exact) mass is 244 g/mol. The Kier molecular flexibility index (Phi) is 3.92. The summed E-state index contributed by atoms with van der Waals surface area (Å²) in [5.74, 6) is 0.285. The van der Waals surface area contributed by atoms with Crippen LogP contribution in [0, 0.1) is 0 Å². The first-order chi connectivity index (χ1) is 6.22. The van der Waals surface area contributed by atoms with Gasteiger partial charge in [0.05, 0.1) is 0 Å². The molecule has 0 radical (unpaired) electrons. The lowest BCUT2D eigenvalue weighted by molar-refractivity contribution is -0.123. The molecule has 0 atom stereocenters. The minimum absolute atomic E-state index is 0.0852. The SMILES string of the molecule is O=C(CO)COc1ccc(Br)cc1. The lowest BCUT2D eigenvalue weighted by Crippen LogP contribution is -2.14. The summed E-state index contributed by atoms with van der Waals surface area (Å²) in [6.07, 6.45) is 0. The Morgan fingerprint density at radius 2 is 2.00 bits per heavy atom. The van der Waals surface area contributed by atoms with Crippen LogP contribution in [0.3, 0.4) is 0 Å². The summed E-state index contributed by atoms with van der Waals surface area (Å²) in [4.78, 5) is 10.7. The van der Waals surface area contributed by atoms with Gasteiger partial charge in [0.15, 0.2) is 5.78 Å². The van der Waals surface area contributed by atoms with Crippen molar-refractivity contribution in [1.82, 2.24) is 0 Å². The molecule has 0 aromatic heterocycles. The smallest absolute Gasteiger partial charge is 0.195 e. The largest absolute Gasteiger partial charge is 0.486 e. The highest BCUT2D eigenvalue weighted by Crippen LogP contribution is 2.15. The topological polar surface area (TPSA) is 46.5 Å². The first-order valence-corrected chi connectivity index (χ1v) is 4.52. The fourth-order valence-corrected chi connectivity index (χ4v) is 1.00. The van der Waals surface area contributed by atoms with Crippen LogP contribution >= 0.6 is 15.9 Å². The van der Waals surface area contributed by atoms with Crippen molar-refractivity contribution in [3.8, 4) is 5.75 Å². The molecule has 0 heterocycles. The molecule has 0 saturated carbocycles. The second-order valence-corrected chi connectivity index (χ2v) is 3.36. The molecule has 0 aliphatic carbocycles. The first-order valence-electron chi connectivity index (χ1n) is 3.73. The number of benzene rings is 1. The third-order valence-corrected chi connectivity index (χ3v) is 1.92.